The van der Waals surface area contributed by atoms with Gasteiger partial charge in [0.05, 0.1) is 16.7 Å². The van der Waals surface area contributed by atoms with Crippen LogP contribution in [0.3, 0.4) is 0 Å². The Balaban J connectivity index is 2.34. The second kappa shape index (κ2) is 3.38. The lowest BCUT2D eigenvalue weighted by Gasteiger charge is -2.07. The zero-order valence-electron chi connectivity index (χ0n) is 7.84. The van der Waals surface area contributed by atoms with Crippen LogP contribution in [0.5, 0.6) is 0 Å². The molecule has 1 unspecified atom stereocenters. The van der Waals surface area contributed by atoms with Gasteiger partial charge >= 0.3 is 0 Å². The van der Waals surface area contributed by atoms with Gasteiger partial charge in [-0.15, -0.1) is 0 Å². The van der Waals surface area contributed by atoms with Crippen LogP contribution in [0.15, 0.2) is 30.3 Å². The van der Waals surface area contributed by atoms with Crippen molar-refractivity contribution in [1.29, 1.82) is 0 Å². The van der Waals surface area contributed by atoms with Crippen molar-refractivity contribution in [2.45, 2.75) is 6.10 Å². The highest BCUT2D eigenvalue weighted by molar-refractivity contribution is 6.45. The number of hydrogen-bond donors (Lipinski definition) is 0. The zero-order chi connectivity index (χ0) is 10.4. The molecule has 0 aromatic heterocycles. The molecular formula is C12H8Cl2O. The van der Waals surface area contributed by atoms with Gasteiger partial charge in [-0.3, -0.25) is 0 Å². The molecule has 2 aromatic rings. The molecule has 0 radical (unpaired) electrons. The van der Waals surface area contributed by atoms with E-state index in [2.05, 4.69) is 6.07 Å². The number of epoxide rings is 1. The van der Waals surface area contributed by atoms with Gasteiger partial charge in [0.2, 0.25) is 0 Å². The summed E-state index contributed by atoms with van der Waals surface area (Å²) in [5, 5.41) is 3.35. The Morgan fingerprint density at radius 3 is 2.60 bits per heavy atom. The summed E-state index contributed by atoms with van der Waals surface area (Å²) in [6.45, 7) is 0.744. The van der Waals surface area contributed by atoms with Crippen LogP contribution < -0.4 is 0 Å². The minimum atomic E-state index is 0.139. The van der Waals surface area contributed by atoms with Crippen molar-refractivity contribution in [2.75, 3.05) is 6.61 Å². The summed E-state index contributed by atoms with van der Waals surface area (Å²) in [5.41, 5.74) is 1.00. The molecule has 1 atom stereocenters. The van der Waals surface area contributed by atoms with Gasteiger partial charge in [-0.25, -0.2) is 0 Å². The molecule has 1 aliphatic rings. The standard InChI is InChI=1S/C12H8Cl2O/c13-11-8-4-2-1-3-7(8)5-9(12(11)14)10-6-15-10/h1-5,10H,6H2. The first-order valence-electron chi connectivity index (χ1n) is 4.75. The highest BCUT2D eigenvalue weighted by Gasteiger charge is 2.28. The number of hydrogen-bond acceptors (Lipinski definition) is 1. The van der Waals surface area contributed by atoms with Gasteiger partial charge in [-0.1, -0.05) is 47.5 Å². The van der Waals surface area contributed by atoms with E-state index in [0.29, 0.717) is 10.0 Å². The van der Waals surface area contributed by atoms with E-state index < -0.39 is 0 Å². The Hall–Kier alpha value is -0.760. The first-order chi connectivity index (χ1) is 7.27. The minimum absolute atomic E-state index is 0.139. The van der Waals surface area contributed by atoms with E-state index in [0.717, 1.165) is 22.9 Å². The number of fused-ring (bicyclic) bond motifs is 1. The monoisotopic (exact) mass is 238 g/mol. The van der Waals surface area contributed by atoms with E-state index in [9.17, 15) is 0 Å². The molecule has 3 rings (SSSR count). The number of benzene rings is 2. The molecule has 1 nitrogen and oxygen atoms in total. The maximum atomic E-state index is 6.22. The summed E-state index contributed by atoms with van der Waals surface area (Å²) in [7, 11) is 0. The molecule has 0 bridgehead atoms. The maximum Gasteiger partial charge on any atom is 0.107 e. The Morgan fingerprint density at radius 1 is 1.13 bits per heavy atom. The molecule has 15 heavy (non-hydrogen) atoms. The Morgan fingerprint density at radius 2 is 1.87 bits per heavy atom. The minimum Gasteiger partial charge on any atom is -0.368 e. The van der Waals surface area contributed by atoms with Crippen LogP contribution in [0.4, 0.5) is 0 Å². The van der Waals surface area contributed by atoms with Crippen LogP contribution in [-0.4, -0.2) is 6.61 Å². The van der Waals surface area contributed by atoms with Gasteiger partial charge in [-0.2, -0.15) is 0 Å². The molecule has 1 fully saturated rings. The van der Waals surface area contributed by atoms with Crippen LogP contribution in [0.2, 0.25) is 10.0 Å². The lowest BCUT2D eigenvalue weighted by Crippen LogP contribution is -1.86. The molecule has 2 aromatic carbocycles. The first-order valence-corrected chi connectivity index (χ1v) is 5.51. The predicted molar refractivity (Wildman–Crippen MR) is 62.7 cm³/mol. The molecule has 0 saturated carbocycles. The average molecular weight is 239 g/mol. The molecule has 0 spiro atoms. The Kier molecular flexibility index (Phi) is 2.13. The Labute approximate surface area is 97.6 Å². The fourth-order valence-electron chi connectivity index (χ4n) is 1.76. The molecule has 76 valence electrons. The number of ether oxygens (including phenoxy) is 1. The summed E-state index contributed by atoms with van der Waals surface area (Å²) in [5.74, 6) is 0. The van der Waals surface area contributed by atoms with Crippen molar-refractivity contribution in [1.82, 2.24) is 0 Å². The SMILES string of the molecule is Clc1c(C2CO2)cc2ccccc2c1Cl. The summed E-state index contributed by atoms with van der Waals surface area (Å²) in [4.78, 5) is 0. The number of halogens is 2. The third-order valence-electron chi connectivity index (χ3n) is 2.63. The normalized spacial score (nSPS) is 19.5. The molecule has 1 aliphatic heterocycles. The second-order valence-electron chi connectivity index (χ2n) is 3.64. The van der Waals surface area contributed by atoms with Crippen molar-refractivity contribution >= 4 is 34.0 Å². The predicted octanol–water partition coefficient (Wildman–Crippen LogP) is 4.22. The summed E-state index contributed by atoms with van der Waals surface area (Å²) >= 11 is 12.4. The van der Waals surface area contributed by atoms with Crippen molar-refractivity contribution in [2.24, 2.45) is 0 Å². The van der Waals surface area contributed by atoms with E-state index >= 15 is 0 Å². The maximum absolute atomic E-state index is 6.22. The van der Waals surface area contributed by atoms with Gasteiger partial charge in [-0.05, 0) is 11.5 Å². The average Bonchev–Trinajstić information content (AvgIpc) is 3.07. The largest absolute Gasteiger partial charge is 0.368 e. The van der Waals surface area contributed by atoms with Crippen LogP contribution >= 0.6 is 23.2 Å². The fourth-order valence-corrected chi connectivity index (χ4v) is 2.32. The molecular weight excluding hydrogens is 231 g/mol. The van der Waals surface area contributed by atoms with Crippen LogP contribution in [-0.2, 0) is 4.74 Å². The van der Waals surface area contributed by atoms with Crippen molar-refractivity contribution in [3.8, 4) is 0 Å². The van der Waals surface area contributed by atoms with Gasteiger partial charge in [0, 0.05) is 10.9 Å². The Bertz CT molecular complexity index is 532. The van der Waals surface area contributed by atoms with E-state index in [1.165, 1.54) is 0 Å². The van der Waals surface area contributed by atoms with Gasteiger partial charge in [0.25, 0.3) is 0 Å². The topological polar surface area (TPSA) is 12.5 Å². The van der Waals surface area contributed by atoms with E-state index in [1.807, 2.05) is 24.3 Å². The van der Waals surface area contributed by atoms with E-state index in [4.69, 9.17) is 27.9 Å². The van der Waals surface area contributed by atoms with E-state index in [1.54, 1.807) is 0 Å². The molecule has 0 N–H and O–H groups in total. The van der Waals surface area contributed by atoms with Crippen molar-refractivity contribution in [3.63, 3.8) is 0 Å². The highest BCUT2D eigenvalue weighted by atomic mass is 35.5. The lowest BCUT2D eigenvalue weighted by atomic mass is 10.1. The van der Waals surface area contributed by atoms with E-state index in [-0.39, 0.29) is 6.10 Å². The molecule has 1 saturated heterocycles. The van der Waals surface area contributed by atoms with Gasteiger partial charge < -0.3 is 4.74 Å². The molecule has 3 heteroatoms. The second-order valence-corrected chi connectivity index (χ2v) is 4.39. The third-order valence-corrected chi connectivity index (χ3v) is 3.53. The van der Waals surface area contributed by atoms with Crippen LogP contribution in [0.25, 0.3) is 10.8 Å². The van der Waals surface area contributed by atoms with Gasteiger partial charge in [0.1, 0.15) is 6.10 Å². The molecule has 0 amide bonds. The molecule has 0 aliphatic carbocycles. The van der Waals surface area contributed by atoms with Crippen LogP contribution in [0, 0.1) is 0 Å². The zero-order valence-corrected chi connectivity index (χ0v) is 9.35. The fraction of sp³-hybridized carbons (Fsp3) is 0.167. The van der Waals surface area contributed by atoms with Gasteiger partial charge in [0.15, 0.2) is 0 Å². The lowest BCUT2D eigenvalue weighted by molar-refractivity contribution is 0.416. The van der Waals surface area contributed by atoms with Crippen molar-refractivity contribution < 1.29 is 4.74 Å². The smallest absolute Gasteiger partial charge is 0.107 e. The first kappa shape index (κ1) is 9.46. The van der Waals surface area contributed by atoms with Crippen molar-refractivity contribution in [3.05, 3.63) is 45.9 Å². The molecule has 1 heterocycles. The highest BCUT2D eigenvalue weighted by Crippen LogP contribution is 2.41. The summed E-state index contributed by atoms with van der Waals surface area (Å²) < 4.78 is 5.24. The summed E-state index contributed by atoms with van der Waals surface area (Å²) in [6.07, 6.45) is 0.139. The summed E-state index contributed by atoms with van der Waals surface area (Å²) in [6, 6.07) is 10.0. The number of rotatable bonds is 1. The quantitative estimate of drug-likeness (QED) is 0.679. The van der Waals surface area contributed by atoms with Crippen LogP contribution in [0.1, 0.15) is 11.7 Å². The third kappa shape index (κ3) is 1.51.